The minimum atomic E-state index is 0. The van der Waals surface area contributed by atoms with Gasteiger partial charge in [-0.3, -0.25) is 25.8 Å². The summed E-state index contributed by atoms with van der Waals surface area (Å²) in [5, 5.41) is 2.92. The molecule has 0 N–H and O–H groups in total. The van der Waals surface area contributed by atoms with E-state index in [1.807, 2.05) is 24.3 Å². The Kier molecular flexibility index (Phi) is 104. The van der Waals surface area contributed by atoms with Gasteiger partial charge in [0.15, 0.2) is 0 Å². The first-order valence-electron chi connectivity index (χ1n) is 10.9. The minimum Gasteiger partial charge on any atom is -0.374 e. The first kappa shape index (κ1) is 77.3. The van der Waals surface area contributed by atoms with E-state index in [2.05, 4.69) is 70.2 Å². The number of rotatable bonds is 3. The van der Waals surface area contributed by atoms with E-state index in [9.17, 15) is 0 Å². The average Bonchev–Trinajstić information content (AvgIpc) is 3.28. The first-order valence-corrected chi connectivity index (χ1v) is 10.9. The van der Waals surface area contributed by atoms with Gasteiger partial charge in [-0.2, -0.15) is 12.1 Å². The third kappa shape index (κ3) is 42.0. The molecule has 0 amide bonds. The van der Waals surface area contributed by atoms with Gasteiger partial charge in [-0.05, 0) is 34.7 Å². The van der Waals surface area contributed by atoms with Crippen LogP contribution >= 0.6 is 0 Å². The molecule has 0 saturated carbocycles. The van der Waals surface area contributed by atoms with Gasteiger partial charge in [-0.1, -0.05) is 43.8 Å². The van der Waals surface area contributed by atoms with Crippen LogP contribution in [0.5, 0.6) is 0 Å². The van der Waals surface area contributed by atoms with Gasteiger partial charge in [0, 0.05) is 185 Å². The molecule has 3 aromatic carbocycles. The van der Waals surface area contributed by atoms with Crippen LogP contribution in [-0.4, -0.2) is 0 Å². The van der Waals surface area contributed by atoms with Gasteiger partial charge in [0.1, 0.15) is 0 Å². The predicted octanol–water partition coefficient (Wildman–Crippen LogP) is 9.77. The van der Waals surface area contributed by atoms with Crippen molar-refractivity contribution >= 4 is 10.8 Å². The van der Waals surface area contributed by atoms with Gasteiger partial charge in [-0.25, -0.2) is 75.5 Å². The molecule has 0 aliphatic heterocycles. The Morgan fingerprint density at radius 2 is 1.00 bits per heavy atom. The number of aryl methyl sites for hydroxylation is 2. The number of benzene rings is 3. The standard InChI is InChI=1S/C12H10.C7H6.3C5H6.CH4.CH3.2W.6Y/c1-3-9-4-2-6-11-8-7-10(5-1)12(9)11;1-7-5-3-2-4-6-7;3*1-3-5-4-2;;;;;;;;;;/h1-6H,7-8H2;2-5H,1H2;3*1,3-5H,2H2;1H4;1H3;;;;;;;;/q;4*-2;;-1;;+2;;;;;;+3. The van der Waals surface area contributed by atoms with E-state index in [4.69, 9.17) is 19.7 Å². The van der Waals surface area contributed by atoms with Crippen molar-refractivity contribution in [3.63, 3.8) is 0 Å². The van der Waals surface area contributed by atoms with Crippen LogP contribution < -0.4 is 0 Å². The fourth-order valence-corrected chi connectivity index (χ4v) is 2.85. The van der Waals surface area contributed by atoms with Crippen LogP contribution in [0.4, 0.5) is 0 Å². The number of hydrogen-bond acceptors (Lipinski definition) is 0. The molecule has 4 rings (SSSR count). The second kappa shape index (κ2) is 59.0. The molecule has 0 spiro atoms. The quantitative estimate of drug-likeness (QED) is 0.181. The van der Waals surface area contributed by atoms with Crippen molar-refractivity contribution in [3.8, 4) is 0 Å². The summed E-state index contributed by atoms with van der Waals surface area (Å²) in [6, 6.07) is 23.8. The maximum Gasteiger partial charge on any atom is 3.00 e. The smallest absolute Gasteiger partial charge is 0.374 e. The van der Waals surface area contributed by atoms with Crippen LogP contribution in [0.1, 0.15) is 24.1 Å². The van der Waals surface area contributed by atoms with Crippen LogP contribution in [0.15, 0.2) is 115 Å². The van der Waals surface area contributed by atoms with Crippen LogP contribution in [0, 0.1) is 60.9 Å². The predicted molar refractivity (Wildman–Crippen MR) is 164 cm³/mol. The second-order valence-corrected chi connectivity index (χ2v) is 6.68. The molecule has 219 valence electrons. The normalized spacial score (nSPS) is 8.18. The Balaban J connectivity index is -0.0000000343. The third-order valence-electron chi connectivity index (χ3n) is 4.26. The maximum atomic E-state index is 4.89. The zero-order valence-electron chi connectivity index (χ0n) is 25.2. The van der Waals surface area contributed by atoms with Crippen molar-refractivity contribution in [1.82, 2.24) is 0 Å². The molecule has 8 heteroatoms. The van der Waals surface area contributed by atoms with Gasteiger partial charge >= 0.3 is 53.8 Å². The van der Waals surface area contributed by atoms with Crippen molar-refractivity contribution in [2.24, 2.45) is 0 Å². The Bertz CT molecular complexity index is 990. The largest absolute Gasteiger partial charge is 3.00 e. The zero-order chi connectivity index (χ0) is 25.4. The van der Waals surface area contributed by atoms with Crippen LogP contribution in [-0.2, 0) is 251 Å². The van der Waals surface area contributed by atoms with Crippen molar-refractivity contribution in [3.05, 3.63) is 193 Å². The molecule has 5 radical (unpaired) electrons. The molecule has 3 aromatic rings. The number of hydrogen-bond donors (Lipinski definition) is 0. The Hall–Kier alpha value is 3.84. The van der Waals surface area contributed by atoms with E-state index in [1.165, 1.54) is 53.0 Å². The average molecular weight is 1370 g/mol. The molecule has 0 heterocycles. The van der Waals surface area contributed by atoms with Gasteiger partial charge in [0.25, 0.3) is 0 Å². The Labute approximate surface area is 452 Å². The van der Waals surface area contributed by atoms with Gasteiger partial charge in [-0.15, -0.1) is 6.07 Å². The fourth-order valence-electron chi connectivity index (χ4n) is 2.85. The topological polar surface area (TPSA) is 0 Å². The molecule has 0 saturated heterocycles. The summed E-state index contributed by atoms with van der Waals surface area (Å²) in [4.78, 5) is 0. The van der Waals surface area contributed by atoms with Crippen molar-refractivity contribution in [2.45, 2.75) is 20.3 Å². The first-order chi connectivity index (χ1) is 16.6. The molecule has 0 aromatic heterocycles. The van der Waals surface area contributed by atoms with Gasteiger partial charge < -0.3 is 26.0 Å². The van der Waals surface area contributed by atoms with Crippen LogP contribution in [0.3, 0.4) is 0 Å². The van der Waals surface area contributed by atoms with Crippen molar-refractivity contribution in [2.75, 3.05) is 0 Å². The van der Waals surface area contributed by atoms with E-state index in [0.29, 0.717) is 0 Å². The van der Waals surface area contributed by atoms with E-state index in [0.717, 1.165) is 5.56 Å². The van der Waals surface area contributed by atoms with E-state index < -0.39 is 0 Å². The van der Waals surface area contributed by atoms with Crippen LogP contribution in [0.2, 0.25) is 0 Å². The molecule has 0 nitrogen and oxygen atoms in total. The monoisotopic (exact) mass is 1370 g/mol. The molecule has 1 aliphatic rings. The Morgan fingerprint density at radius 1 is 0.636 bits per heavy atom. The van der Waals surface area contributed by atoms with Gasteiger partial charge in [0.2, 0.25) is 0 Å². The second-order valence-electron chi connectivity index (χ2n) is 6.68. The molecule has 0 atom stereocenters. The van der Waals surface area contributed by atoms with Crippen molar-refractivity contribution < 1.29 is 238 Å². The summed E-state index contributed by atoms with van der Waals surface area (Å²) in [6.07, 6.45) is 16.7. The zero-order valence-corrected chi connectivity index (χ0v) is 48.1. The molecule has 0 bridgehead atoms. The molecule has 1 aliphatic carbocycles. The maximum absolute atomic E-state index is 4.89. The third-order valence-corrected chi connectivity index (χ3v) is 4.26. The van der Waals surface area contributed by atoms with E-state index in [-0.39, 0.29) is 253 Å². The van der Waals surface area contributed by atoms with E-state index >= 15 is 0 Å². The summed E-state index contributed by atoms with van der Waals surface area (Å²) >= 11 is 0. The molecular formula is C36H41W2Y6-4. The summed E-state index contributed by atoms with van der Waals surface area (Å²) in [7, 11) is 0. The SMILES string of the molecule is C.[CH-]=CC=C[CH2-].[CH-]=CC=C[CH2-].[CH-]=CC=C[CH2-].[CH2-]c1[c-]cccc1.[CH3-].[W+2].[W].[Y+3].[Y].[Y].[Y].[Y].[Y].c1cc2c3c(cccc3c1)CC2. The Morgan fingerprint density at radius 3 is 1.20 bits per heavy atom. The molecule has 0 unspecified atom stereocenters. The van der Waals surface area contributed by atoms with Gasteiger partial charge in [0.05, 0.1) is 0 Å². The summed E-state index contributed by atoms with van der Waals surface area (Å²) < 4.78 is 0. The van der Waals surface area contributed by atoms with Crippen LogP contribution in [0.25, 0.3) is 10.8 Å². The molecular weight excluding hydrogens is 1330 g/mol. The summed E-state index contributed by atoms with van der Waals surface area (Å²) in [5.74, 6) is 0. The summed E-state index contributed by atoms with van der Waals surface area (Å²) in [6.45, 7) is 28.5. The van der Waals surface area contributed by atoms with Crippen molar-refractivity contribution in [1.29, 1.82) is 0 Å². The minimum absolute atomic E-state index is 0. The molecule has 0 fully saturated rings. The molecule has 44 heavy (non-hydrogen) atoms. The number of allylic oxidation sites excluding steroid dienone is 9. The fraction of sp³-hybridized carbons (Fsp3) is 0.0833. The van der Waals surface area contributed by atoms with E-state index in [1.54, 1.807) is 36.5 Å². The summed E-state index contributed by atoms with van der Waals surface area (Å²) in [5.41, 5.74) is 4.01.